The summed E-state index contributed by atoms with van der Waals surface area (Å²) in [4.78, 5) is 45.2. The fourth-order valence-corrected chi connectivity index (χ4v) is 10.7. The molecule has 11 heteroatoms. The third-order valence-corrected chi connectivity index (χ3v) is 12.7. The van der Waals surface area contributed by atoms with E-state index in [9.17, 15) is 19.5 Å². The summed E-state index contributed by atoms with van der Waals surface area (Å²) in [7, 11) is -3.51. The van der Waals surface area contributed by atoms with Gasteiger partial charge in [-0.15, -0.1) is 0 Å². The minimum Gasteiger partial charge on any atom is -0.394 e. The third kappa shape index (κ3) is 4.75. The molecule has 46 heavy (non-hydrogen) atoms. The monoisotopic (exact) mass is 642 g/mol. The first-order chi connectivity index (χ1) is 22.0. The van der Waals surface area contributed by atoms with Gasteiger partial charge < -0.3 is 23.8 Å². The van der Waals surface area contributed by atoms with Crippen LogP contribution in [0, 0.1) is 5.92 Å². The van der Waals surface area contributed by atoms with Crippen molar-refractivity contribution in [1.29, 1.82) is 0 Å². The molecule has 0 aliphatic carbocycles. The maximum Gasteiger partial charge on any atom is 0.279 e. The summed E-state index contributed by atoms with van der Waals surface area (Å²) >= 11 is 0. The molecule has 2 amide bonds. The maximum absolute atomic E-state index is 16.4. The Hall–Kier alpha value is -4.06. The number of nitrogens with one attached hydrogen (secondary N) is 1. The minimum absolute atomic E-state index is 0.0733. The average molecular weight is 643 g/mol. The topological polar surface area (TPSA) is 108 Å². The zero-order chi connectivity index (χ0) is 32.4. The Bertz CT molecular complexity index is 1870. The van der Waals surface area contributed by atoms with E-state index in [1.807, 2.05) is 67.6 Å². The van der Waals surface area contributed by atoms with Crippen LogP contribution < -0.4 is 10.5 Å². The zero-order valence-electron chi connectivity index (χ0n) is 26.3. The van der Waals surface area contributed by atoms with E-state index in [0.29, 0.717) is 34.4 Å². The van der Waals surface area contributed by atoms with Crippen LogP contribution in [-0.4, -0.2) is 65.3 Å². The molecular weight excluding hydrogens is 603 g/mol. The van der Waals surface area contributed by atoms with Crippen molar-refractivity contribution in [3.05, 3.63) is 94.3 Å². The van der Waals surface area contributed by atoms with Crippen LogP contribution >= 0.6 is 0 Å². The highest BCUT2D eigenvalue weighted by molar-refractivity contribution is 6.72. The lowest BCUT2D eigenvalue weighted by Gasteiger charge is -2.31. The van der Waals surface area contributed by atoms with E-state index in [0.717, 1.165) is 18.4 Å². The Kier molecular flexibility index (Phi) is 7.53. The van der Waals surface area contributed by atoms with Gasteiger partial charge in [-0.25, -0.2) is 4.68 Å². The van der Waals surface area contributed by atoms with Gasteiger partial charge in [0, 0.05) is 23.6 Å². The number of aromatic nitrogens is 2. The molecule has 7 rings (SSSR count). The number of halogens is 1. The molecule has 2 saturated heterocycles. The van der Waals surface area contributed by atoms with E-state index in [-0.39, 0.29) is 43.0 Å². The van der Waals surface area contributed by atoms with E-state index < -0.39 is 31.6 Å². The number of carbonyl (C=O) groups is 2. The van der Waals surface area contributed by atoms with Gasteiger partial charge >= 0.3 is 0 Å². The predicted octanol–water partition coefficient (Wildman–Crippen LogP) is 5.01. The Labute approximate surface area is 267 Å². The molecule has 2 N–H and O–H groups in total. The minimum atomic E-state index is -3.51. The number of aliphatic hydroxyl groups excluding tert-OH is 1. The number of amides is 2. The average Bonchev–Trinajstić information content (AvgIpc) is 3.78. The summed E-state index contributed by atoms with van der Waals surface area (Å²) in [5.41, 5.74) is 0.908. The first kappa shape index (κ1) is 30.6. The van der Waals surface area contributed by atoms with Gasteiger partial charge in [0.25, 0.3) is 11.5 Å². The fraction of sp³-hybridized carbons (Fsp3) is 0.400. The van der Waals surface area contributed by atoms with Crippen LogP contribution in [0.1, 0.15) is 37.3 Å². The predicted molar refractivity (Wildman–Crippen MR) is 176 cm³/mol. The molecule has 5 atom stereocenters. The number of hydrogen-bond donors (Lipinski definition) is 2. The van der Waals surface area contributed by atoms with Gasteiger partial charge in [0.05, 0.1) is 54.0 Å². The number of anilines is 1. The van der Waals surface area contributed by atoms with Crippen LogP contribution in [-0.2, 0) is 26.5 Å². The highest BCUT2D eigenvalue weighted by Crippen LogP contribution is 2.60. The quantitative estimate of drug-likeness (QED) is 0.218. The van der Waals surface area contributed by atoms with Crippen molar-refractivity contribution < 1.29 is 23.5 Å². The first-order valence-corrected chi connectivity index (χ1v) is 19.0. The highest BCUT2D eigenvalue weighted by atomic mass is 28.4. The molecule has 1 aromatic heterocycles. The first-order valence-electron chi connectivity index (χ1n) is 16.0. The van der Waals surface area contributed by atoms with Crippen LogP contribution in [0.4, 0.5) is 9.80 Å². The van der Waals surface area contributed by atoms with Gasteiger partial charge in [0.15, 0.2) is 5.60 Å². The van der Waals surface area contributed by atoms with Crippen molar-refractivity contribution in [2.24, 2.45) is 5.92 Å². The molecule has 2 fully saturated rings. The summed E-state index contributed by atoms with van der Waals surface area (Å²) < 4.78 is 24.7. The van der Waals surface area contributed by atoms with Gasteiger partial charge in [0.2, 0.25) is 14.3 Å². The fourth-order valence-electron chi connectivity index (χ4n) is 8.18. The lowest BCUT2D eigenvalue weighted by molar-refractivity contribution is -0.150. The summed E-state index contributed by atoms with van der Waals surface area (Å²) in [5.74, 6) is -1.09. The number of benzene rings is 3. The van der Waals surface area contributed by atoms with E-state index in [4.69, 9.17) is 4.74 Å². The summed E-state index contributed by atoms with van der Waals surface area (Å²) in [6, 6.07) is 22.1. The van der Waals surface area contributed by atoms with Crippen molar-refractivity contribution in [2.45, 2.75) is 69.1 Å². The summed E-state index contributed by atoms with van der Waals surface area (Å²) in [6.45, 7) is 5.79. The Morgan fingerprint density at radius 3 is 2.54 bits per heavy atom. The van der Waals surface area contributed by atoms with Crippen LogP contribution in [0.2, 0.25) is 18.6 Å². The lowest BCUT2D eigenvalue weighted by atomic mass is 9.82. The van der Waals surface area contributed by atoms with Crippen molar-refractivity contribution in [3.8, 4) is 5.69 Å². The smallest absolute Gasteiger partial charge is 0.279 e. The number of aromatic amines is 1. The summed E-state index contributed by atoms with van der Waals surface area (Å²) in [5, 5.41) is 13.6. The number of likely N-dealkylation sites (tertiary alicyclic amines) is 1. The second kappa shape index (κ2) is 11.3. The molecular formula is C35H39FN4O5Si. The van der Waals surface area contributed by atoms with E-state index in [2.05, 4.69) is 5.10 Å². The summed E-state index contributed by atoms with van der Waals surface area (Å²) in [6.07, 6.45) is 0.612. The number of hydrogen-bond acceptors (Lipinski definition) is 5. The van der Waals surface area contributed by atoms with E-state index in [1.54, 1.807) is 35.0 Å². The van der Waals surface area contributed by atoms with Crippen LogP contribution in [0.15, 0.2) is 77.6 Å². The van der Waals surface area contributed by atoms with E-state index in [1.165, 1.54) is 4.68 Å². The third-order valence-electron chi connectivity index (χ3n) is 10.3. The number of aliphatic hydroxyl groups is 1. The molecule has 0 bridgehead atoms. The number of fused-ring (bicyclic) bond motifs is 3. The molecule has 3 aliphatic heterocycles. The van der Waals surface area contributed by atoms with Crippen LogP contribution in [0.3, 0.4) is 0 Å². The molecule has 240 valence electrons. The largest absolute Gasteiger partial charge is 0.394 e. The standard InChI is InChI=1S/C35H39FN4O5Si/c1-22-32(46(2,3)36)30(19-31(42)38-17-9-12-25(38)21-41)45-35(22)27-18-24(40-33(43)26-13-7-8-14-28(26)37-40)15-16-29(27)39(34(35)44)20-23-10-5-4-6-11-23/h4-8,10-11,13-16,18,22,25,30,32,37,41H,9,12,17,19-21H2,1-3H3/t22-,25-,30+,32-,35+/m0/s1. The van der Waals surface area contributed by atoms with Crippen LogP contribution in [0.5, 0.6) is 0 Å². The number of nitrogens with zero attached hydrogens (tertiary/aromatic N) is 3. The van der Waals surface area contributed by atoms with Crippen LogP contribution in [0.25, 0.3) is 16.6 Å². The van der Waals surface area contributed by atoms with Crippen molar-refractivity contribution in [2.75, 3.05) is 18.1 Å². The van der Waals surface area contributed by atoms with Crippen molar-refractivity contribution in [1.82, 2.24) is 14.7 Å². The molecule has 1 spiro atoms. The second-order valence-corrected chi connectivity index (χ2v) is 17.2. The van der Waals surface area contributed by atoms with Gasteiger partial charge in [-0.1, -0.05) is 49.4 Å². The molecule has 0 unspecified atom stereocenters. The number of para-hydroxylation sites is 1. The second-order valence-electron chi connectivity index (χ2n) is 13.4. The molecule has 4 heterocycles. The SMILES string of the molecule is C[C@H]1[C@H]([Si](C)(C)F)[C@@H](CC(=O)N2CCC[C@H]2CO)O[C@]12C(=O)N(Cc1ccccc1)c1ccc(-n3[nH]c4ccccc4c3=O)cc12. The van der Waals surface area contributed by atoms with Gasteiger partial charge in [-0.05, 0) is 61.8 Å². The van der Waals surface area contributed by atoms with Gasteiger partial charge in [-0.2, -0.15) is 0 Å². The zero-order valence-corrected chi connectivity index (χ0v) is 27.3. The van der Waals surface area contributed by atoms with Gasteiger partial charge in [0.1, 0.15) is 0 Å². The number of rotatable bonds is 7. The molecule has 0 radical (unpaired) electrons. The number of ether oxygens (including phenoxy) is 1. The van der Waals surface area contributed by atoms with E-state index >= 15 is 4.11 Å². The molecule has 4 aromatic rings. The molecule has 9 nitrogen and oxygen atoms in total. The highest BCUT2D eigenvalue weighted by Gasteiger charge is 2.67. The van der Waals surface area contributed by atoms with Crippen molar-refractivity contribution >= 4 is 36.8 Å². The molecule has 0 saturated carbocycles. The van der Waals surface area contributed by atoms with Gasteiger partial charge in [-0.3, -0.25) is 19.5 Å². The Morgan fingerprint density at radius 1 is 1.09 bits per heavy atom. The molecule has 3 aromatic carbocycles. The maximum atomic E-state index is 16.4. The number of carbonyl (C=O) groups excluding carboxylic acids is 2. The Morgan fingerprint density at radius 2 is 1.83 bits per heavy atom. The lowest BCUT2D eigenvalue weighted by Crippen LogP contribution is -2.45. The number of H-pyrrole nitrogens is 1. The van der Waals surface area contributed by atoms with Crippen molar-refractivity contribution in [3.63, 3.8) is 0 Å². The normalized spacial score (nSPS) is 26.1. The Balaban J connectivity index is 1.35. The molecule has 3 aliphatic rings.